The van der Waals surface area contributed by atoms with Crippen LogP contribution in [0.4, 0.5) is 0 Å². The van der Waals surface area contributed by atoms with Crippen LogP contribution in [-0.2, 0) is 14.8 Å². The molecule has 0 aliphatic carbocycles. The number of methoxy groups -OCH3 is 1. The standard InChI is InChI=1S/C17H25NO5S/c1-12(2)23-17(19)14-8-9-15(22-4)16(11-14)24(20,21)18-10-6-5-7-13(18)3/h8-9,11-13H,5-7,10H2,1-4H3. The van der Waals surface area contributed by atoms with Gasteiger partial charge in [0.2, 0.25) is 10.0 Å². The molecule has 0 radical (unpaired) electrons. The normalized spacial score (nSPS) is 19.3. The average Bonchev–Trinajstić information content (AvgIpc) is 2.53. The molecule has 2 rings (SSSR count). The van der Waals surface area contributed by atoms with Crippen molar-refractivity contribution in [2.75, 3.05) is 13.7 Å². The first-order valence-electron chi connectivity index (χ1n) is 8.18. The number of ether oxygens (including phenoxy) is 2. The Balaban J connectivity index is 2.44. The Bertz CT molecular complexity index is 699. The molecule has 1 fully saturated rings. The Labute approximate surface area is 143 Å². The van der Waals surface area contributed by atoms with Gasteiger partial charge in [-0.1, -0.05) is 6.42 Å². The first-order valence-corrected chi connectivity index (χ1v) is 9.62. The van der Waals surface area contributed by atoms with E-state index in [4.69, 9.17) is 9.47 Å². The van der Waals surface area contributed by atoms with Gasteiger partial charge < -0.3 is 9.47 Å². The van der Waals surface area contributed by atoms with Crippen molar-refractivity contribution in [3.63, 3.8) is 0 Å². The minimum Gasteiger partial charge on any atom is -0.495 e. The number of nitrogens with zero attached hydrogens (tertiary/aromatic N) is 1. The second-order valence-electron chi connectivity index (χ2n) is 6.28. The largest absolute Gasteiger partial charge is 0.495 e. The Kier molecular flexibility index (Phi) is 5.87. The van der Waals surface area contributed by atoms with E-state index >= 15 is 0 Å². The van der Waals surface area contributed by atoms with Crippen LogP contribution in [0, 0.1) is 0 Å². The Hall–Kier alpha value is -1.60. The van der Waals surface area contributed by atoms with Crippen molar-refractivity contribution >= 4 is 16.0 Å². The van der Waals surface area contributed by atoms with Gasteiger partial charge in [-0.15, -0.1) is 0 Å². The highest BCUT2D eigenvalue weighted by Gasteiger charge is 2.33. The molecule has 0 bridgehead atoms. The first-order chi connectivity index (χ1) is 11.3. The topological polar surface area (TPSA) is 72.9 Å². The highest BCUT2D eigenvalue weighted by Crippen LogP contribution is 2.31. The molecule has 1 atom stereocenters. The molecular weight excluding hydrogens is 330 g/mol. The van der Waals surface area contributed by atoms with Crippen LogP contribution < -0.4 is 4.74 Å². The van der Waals surface area contributed by atoms with Crippen molar-refractivity contribution < 1.29 is 22.7 Å². The van der Waals surface area contributed by atoms with Crippen LogP contribution in [0.25, 0.3) is 0 Å². The lowest BCUT2D eigenvalue weighted by Gasteiger charge is -2.32. The molecule has 1 heterocycles. The van der Waals surface area contributed by atoms with Crippen molar-refractivity contribution in [1.82, 2.24) is 4.31 Å². The van der Waals surface area contributed by atoms with Crippen molar-refractivity contribution in [3.05, 3.63) is 23.8 Å². The molecule has 7 heteroatoms. The molecule has 1 aromatic rings. The first kappa shape index (κ1) is 18.7. The summed E-state index contributed by atoms with van der Waals surface area (Å²) >= 11 is 0. The molecule has 1 unspecified atom stereocenters. The van der Waals surface area contributed by atoms with E-state index in [1.165, 1.54) is 29.6 Å². The van der Waals surface area contributed by atoms with E-state index in [1.54, 1.807) is 13.8 Å². The lowest BCUT2D eigenvalue weighted by molar-refractivity contribution is 0.0377. The molecule has 1 aliphatic heterocycles. The number of rotatable bonds is 5. The number of carbonyl (C=O) groups excluding carboxylic acids is 1. The number of sulfonamides is 1. The number of hydrogen-bond donors (Lipinski definition) is 0. The van der Waals surface area contributed by atoms with Crippen LogP contribution in [0.2, 0.25) is 0 Å². The summed E-state index contributed by atoms with van der Waals surface area (Å²) in [4.78, 5) is 12.1. The zero-order valence-corrected chi connectivity index (χ0v) is 15.4. The smallest absolute Gasteiger partial charge is 0.338 e. The Morgan fingerprint density at radius 1 is 1.29 bits per heavy atom. The summed E-state index contributed by atoms with van der Waals surface area (Å²) in [6, 6.07) is 4.29. The van der Waals surface area contributed by atoms with Crippen molar-refractivity contribution in [2.45, 2.75) is 57.1 Å². The molecule has 0 aromatic heterocycles. The molecule has 1 aromatic carbocycles. The van der Waals surface area contributed by atoms with Crippen LogP contribution in [0.15, 0.2) is 23.1 Å². The van der Waals surface area contributed by atoms with Gasteiger partial charge >= 0.3 is 5.97 Å². The highest BCUT2D eigenvalue weighted by atomic mass is 32.2. The lowest BCUT2D eigenvalue weighted by atomic mass is 10.1. The Morgan fingerprint density at radius 2 is 2.00 bits per heavy atom. The minimum absolute atomic E-state index is 0.0111. The van der Waals surface area contributed by atoms with Crippen LogP contribution in [-0.4, -0.2) is 44.5 Å². The SMILES string of the molecule is COc1ccc(C(=O)OC(C)C)cc1S(=O)(=O)N1CCCCC1C. The van der Waals surface area contributed by atoms with Crippen molar-refractivity contribution in [1.29, 1.82) is 0 Å². The van der Waals surface area contributed by atoms with Crippen LogP contribution in [0.1, 0.15) is 50.4 Å². The maximum atomic E-state index is 13.1. The van der Waals surface area contributed by atoms with Gasteiger partial charge in [0.15, 0.2) is 0 Å². The molecule has 6 nitrogen and oxygen atoms in total. The van der Waals surface area contributed by atoms with Gasteiger partial charge in [0.1, 0.15) is 10.6 Å². The molecule has 0 saturated carbocycles. The van der Waals surface area contributed by atoms with E-state index < -0.39 is 16.0 Å². The van der Waals surface area contributed by atoms with Gasteiger partial charge in [0.05, 0.1) is 18.8 Å². The van der Waals surface area contributed by atoms with E-state index in [9.17, 15) is 13.2 Å². The molecule has 24 heavy (non-hydrogen) atoms. The summed E-state index contributed by atoms with van der Waals surface area (Å²) in [6.45, 7) is 5.87. The van der Waals surface area contributed by atoms with Gasteiger partial charge in [0, 0.05) is 12.6 Å². The van der Waals surface area contributed by atoms with E-state index in [0.29, 0.717) is 6.54 Å². The molecular formula is C17H25NO5S. The molecule has 0 spiro atoms. The summed E-state index contributed by atoms with van der Waals surface area (Å²) in [5.74, 6) is -0.315. The minimum atomic E-state index is -3.74. The predicted octanol–water partition coefficient (Wildman–Crippen LogP) is 2.82. The summed E-state index contributed by atoms with van der Waals surface area (Å²) < 4.78 is 38.0. The summed E-state index contributed by atoms with van der Waals surface area (Å²) in [6.07, 6.45) is 2.41. The van der Waals surface area contributed by atoms with Gasteiger partial charge in [-0.3, -0.25) is 0 Å². The van der Waals surface area contributed by atoms with Gasteiger partial charge in [0.25, 0.3) is 0 Å². The van der Waals surface area contributed by atoms with Crippen LogP contribution in [0.5, 0.6) is 5.75 Å². The monoisotopic (exact) mass is 355 g/mol. The average molecular weight is 355 g/mol. The van der Waals surface area contributed by atoms with Crippen molar-refractivity contribution in [2.24, 2.45) is 0 Å². The van der Waals surface area contributed by atoms with Crippen LogP contribution in [0.3, 0.4) is 0 Å². The fourth-order valence-electron chi connectivity index (χ4n) is 2.84. The number of piperidine rings is 1. The Morgan fingerprint density at radius 3 is 2.58 bits per heavy atom. The molecule has 1 aliphatic rings. The summed E-state index contributed by atoms with van der Waals surface area (Å²) in [5.41, 5.74) is 0.202. The second-order valence-corrected chi connectivity index (χ2v) is 8.14. The molecule has 1 saturated heterocycles. The van der Waals surface area contributed by atoms with Gasteiger partial charge in [-0.05, 0) is 51.8 Å². The number of hydrogen-bond acceptors (Lipinski definition) is 5. The molecule has 134 valence electrons. The van der Waals surface area contributed by atoms with E-state index in [1.807, 2.05) is 6.92 Å². The third-order valence-electron chi connectivity index (χ3n) is 4.07. The van der Waals surface area contributed by atoms with Crippen molar-refractivity contribution in [3.8, 4) is 5.75 Å². The number of benzene rings is 1. The lowest BCUT2D eigenvalue weighted by Crippen LogP contribution is -2.42. The quantitative estimate of drug-likeness (QED) is 0.760. The number of carbonyl (C=O) groups is 1. The fourth-order valence-corrected chi connectivity index (χ4v) is 4.73. The van der Waals surface area contributed by atoms with E-state index in [0.717, 1.165) is 19.3 Å². The van der Waals surface area contributed by atoms with Gasteiger partial charge in [-0.25, -0.2) is 13.2 Å². The zero-order valence-electron chi connectivity index (χ0n) is 14.6. The zero-order chi connectivity index (χ0) is 17.9. The molecule has 0 N–H and O–H groups in total. The second kappa shape index (κ2) is 7.53. The number of esters is 1. The van der Waals surface area contributed by atoms with Gasteiger partial charge in [-0.2, -0.15) is 4.31 Å². The summed E-state index contributed by atoms with van der Waals surface area (Å²) in [5, 5.41) is 0. The maximum Gasteiger partial charge on any atom is 0.338 e. The van der Waals surface area contributed by atoms with Crippen LogP contribution >= 0.6 is 0 Å². The maximum absolute atomic E-state index is 13.1. The fraction of sp³-hybridized carbons (Fsp3) is 0.588. The molecule has 0 amide bonds. The van der Waals surface area contributed by atoms with E-state index in [2.05, 4.69) is 0 Å². The third-order valence-corrected chi connectivity index (χ3v) is 6.11. The predicted molar refractivity (Wildman–Crippen MR) is 90.8 cm³/mol. The summed E-state index contributed by atoms with van der Waals surface area (Å²) in [7, 11) is -2.32. The van der Waals surface area contributed by atoms with E-state index in [-0.39, 0.29) is 28.4 Å². The highest BCUT2D eigenvalue weighted by molar-refractivity contribution is 7.89. The third kappa shape index (κ3) is 3.89.